The molecule has 2 aromatic rings. The van der Waals surface area contributed by atoms with Gasteiger partial charge in [0.25, 0.3) is 0 Å². The molecule has 1 saturated carbocycles. The van der Waals surface area contributed by atoms with Crippen molar-refractivity contribution < 1.29 is 14.1 Å². The lowest BCUT2D eigenvalue weighted by molar-refractivity contribution is -0.125. The van der Waals surface area contributed by atoms with Gasteiger partial charge in [0, 0.05) is 37.5 Å². The summed E-state index contributed by atoms with van der Waals surface area (Å²) < 4.78 is 5.58. The predicted octanol–water partition coefficient (Wildman–Crippen LogP) is 2.34. The maximum Gasteiger partial charge on any atom is 0.232 e. The molecule has 2 amide bonds. The second-order valence-corrected chi connectivity index (χ2v) is 8.54. The lowest BCUT2D eigenvalue weighted by Gasteiger charge is -2.26. The van der Waals surface area contributed by atoms with Crippen LogP contribution in [0.2, 0.25) is 0 Å². The van der Waals surface area contributed by atoms with Crippen LogP contribution in [0.3, 0.4) is 0 Å². The average molecular weight is 426 g/mol. The van der Waals surface area contributed by atoms with Crippen LogP contribution in [0.15, 0.2) is 34.9 Å². The number of hydrogen-bond donors (Lipinski definition) is 2. The summed E-state index contributed by atoms with van der Waals surface area (Å²) >= 11 is 0. The SMILES string of the molecule is CNC(=O)[C@H]1C[C@H](NC(=O)CCN2CCCCC2)[C@H](c2nc(-c3ccccc3)no2)C1. The minimum atomic E-state index is -0.194. The van der Waals surface area contributed by atoms with Crippen molar-refractivity contribution in [3.8, 4) is 11.4 Å². The van der Waals surface area contributed by atoms with Crippen LogP contribution < -0.4 is 10.6 Å². The van der Waals surface area contributed by atoms with E-state index in [9.17, 15) is 9.59 Å². The summed E-state index contributed by atoms with van der Waals surface area (Å²) in [6.45, 7) is 2.92. The zero-order valence-electron chi connectivity index (χ0n) is 18.0. The fourth-order valence-electron chi connectivity index (χ4n) is 4.70. The summed E-state index contributed by atoms with van der Waals surface area (Å²) in [6, 6.07) is 9.44. The Labute approximate surface area is 182 Å². The second-order valence-electron chi connectivity index (χ2n) is 8.54. The van der Waals surface area contributed by atoms with Crippen molar-refractivity contribution in [1.29, 1.82) is 0 Å². The van der Waals surface area contributed by atoms with Gasteiger partial charge in [0.2, 0.25) is 23.5 Å². The van der Waals surface area contributed by atoms with Crippen molar-refractivity contribution in [3.05, 3.63) is 36.2 Å². The van der Waals surface area contributed by atoms with E-state index in [0.717, 1.165) is 25.2 Å². The Balaban J connectivity index is 1.43. The minimum absolute atomic E-state index is 0.0147. The first kappa shape index (κ1) is 21.5. The molecule has 1 saturated heterocycles. The number of nitrogens with one attached hydrogen (secondary N) is 2. The molecule has 0 spiro atoms. The van der Waals surface area contributed by atoms with E-state index in [2.05, 4.69) is 25.7 Å². The Morgan fingerprint density at radius 3 is 2.65 bits per heavy atom. The largest absolute Gasteiger partial charge is 0.359 e. The zero-order chi connectivity index (χ0) is 21.6. The first-order valence-electron chi connectivity index (χ1n) is 11.3. The molecule has 1 aliphatic carbocycles. The lowest BCUT2D eigenvalue weighted by atomic mass is 10.0. The van der Waals surface area contributed by atoms with Gasteiger partial charge in [0.05, 0.1) is 5.92 Å². The molecule has 1 aliphatic heterocycles. The van der Waals surface area contributed by atoms with Gasteiger partial charge < -0.3 is 20.1 Å². The lowest BCUT2D eigenvalue weighted by Crippen LogP contribution is -2.39. The van der Waals surface area contributed by atoms with E-state index in [0.29, 0.717) is 31.0 Å². The number of hydrogen-bond acceptors (Lipinski definition) is 6. The van der Waals surface area contributed by atoms with Gasteiger partial charge in [-0.3, -0.25) is 9.59 Å². The third-order valence-electron chi connectivity index (χ3n) is 6.42. The molecule has 1 aromatic carbocycles. The Kier molecular flexibility index (Phi) is 6.96. The van der Waals surface area contributed by atoms with Crippen LogP contribution in [-0.4, -0.2) is 59.6 Å². The zero-order valence-corrected chi connectivity index (χ0v) is 18.0. The van der Waals surface area contributed by atoms with E-state index < -0.39 is 0 Å². The smallest absolute Gasteiger partial charge is 0.232 e. The number of rotatable bonds is 7. The molecule has 0 radical (unpaired) electrons. The molecule has 4 rings (SSSR count). The van der Waals surface area contributed by atoms with Gasteiger partial charge in [-0.05, 0) is 38.8 Å². The molecule has 1 aromatic heterocycles. The third-order valence-corrected chi connectivity index (χ3v) is 6.42. The molecule has 2 fully saturated rings. The number of piperidine rings is 1. The van der Waals surface area contributed by atoms with Crippen molar-refractivity contribution in [1.82, 2.24) is 25.7 Å². The fourth-order valence-corrected chi connectivity index (χ4v) is 4.70. The van der Waals surface area contributed by atoms with E-state index in [1.165, 1.54) is 19.3 Å². The summed E-state index contributed by atoms with van der Waals surface area (Å²) in [4.78, 5) is 31.9. The highest BCUT2D eigenvalue weighted by Crippen LogP contribution is 2.38. The van der Waals surface area contributed by atoms with Crippen molar-refractivity contribution in [2.24, 2.45) is 5.92 Å². The van der Waals surface area contributed by atoms with E-state index in [1.54, 1.807) is 7.05 Å². The minimum Gasteiger partial charge on any atom is -0.359 e. The number of benzene rings is 1. The molecule has 8 nitrogen and oxygen atoms in total. The predicted molar refractivity (Wildman–Crippen MR) is 116 cm³/mol. The highest BCUT2D eigenvalue weighted by Gasteiger charge is 2.42. The number of nitrogens with zero attached hydrogens (tertiary/aromatic N) is 3. The monoisotopic (exact) mass is 425 g/mol. The Morgan fingerprint density at radius 1 is 1.13 bits per heavy atom. The summed E-state index contributed by atoms with van der Waals surface area (Å²) in [7, 11) is 1.64. The van der Waals surface area contributed by atoms with E-state index in [4.69, 9.17) is 4.52 Å². The van der Waals surface area contributed by atoms with Gasteiger partial charge in [0.1, 0.15) is 0 Å². The normalized spacial score (nSPS) is 24.1. The van der Waals surface area contributed by atoms with E-state index in [1.807, 2.05) is 30.3 Å². The van der Waals surface area contributed by atoms with Gasteiger partial charge in [0.15, 0.2) is 0 Å². The van der Waals surface area contributed by atoms with Crippen LogP contribution in [0.25, 0.3) is 11.4 Å². The molecular weight excluding hydrogens is 394 g/mol. The Bertz CT molecular complexity index is 878. The molecule has 8 heteroatoms. The van der Waals surface area contributed by atoms with Crippen LogP contribution in [0.1, 0.15) is 50.3 Å². The molecule has 2 heterocycles. The fraction of sp³-hybridized carbons (Fsp3) is 0.565. The van der Waals surface area contributed by atoms with Gasteiger partial charge in [-0.15, -0.1) is 0 Å². The summed E-state index contributed by atoms with van der Waals surface area (Å²) in [5.41, 5.74) is 0.875. The van der Waals surface area contributed by atoms with E-state index >= 15 is 0 Å². The highest BCUT2D eigenvalue weighted by molar-refractivity contribution is 5.80. The van der Waals surface area contributed by atoms with Crippen LogP contribution in [0, 0.1) is 5.92 Å². The van der Waals surface area contributed by atoms with Crippen LogP contribution >= 0.6 is 0 Å². The number of carbonyl (C=O) groups is 2. The molecule has 31 heavy (non-hydrogen) atoms. The van der Waals surface area contributed by atoms with Crippen LogP contribution in [0.5, 0.6) is 0 Å². The first-order valence-corrected chi connectivity index (χ1v) is 11.3. The molecule has 0 bridgehead atoms. The summed E-state index contributed by atoms with van der Waals surface area (Å²) in [6.07, 6.45) is 5.31. The topological polar surface area (TPSA) is 100 Å². The van der Waals surface area contributed by atoms with Gasteiger partial charge in [-0.1, -0.05) is 41.9 Å². The van der Waals surface area contributed by atoms with Crippen LogP contribution in [-0.2, 0) is 9.59 Å². The maximum atomic E-state index is 12.7. The van der Waals surface area contributed by atoms with Gasteiger partial charge >= 0.3 is 0 Å². The van der Waals surface area contributed by atoms with E-state index in [-0.39, 0.29) is 29.7 Å². The van der Waals surface area contributed by atoms with Crippen molar-refractivity contribution >= 4 is 11.8 Å². The van der Waals surface area contributed by atoms with Crippen molar-refractivity contribution in [3.63, 3.8) is 0 Å². The number of likely N-dealkylation sites (tertiary alicyclic amines) is 1. The quantitative estimate of drug-likeness (QED) is 0.706. The Hall–Kier alpha value is -2.74. The van der Waals surface area contributed by atoms with Crippen molar-refractivity contribution in [2.75, 3.05) is 26.7 Å². The number of aromatic nitrogens is 2. The molecule has 2 aliphatic rings. The summed E-state index contributed by atoms with van der Waals surface area (Å²) in [5, 5.41) is 10.0. The standard InChI is InChI=1S/C23H31N5O3/c1-24-22(30)17-14-18(23-26-21(27-31-23)16-8-4-2-5-9-16)19(15-17)25-20(29)10-13-28-11-6-3-7-12-28/h2,4-5,8-9,17-19H,3,6-7,10-15H2,1H3,(H,24,30)(H,25,29)/t17-,18-,19+/m1/s1. The molecule has 0 unspecified atom stereocenters. The second kappa shape index (κ2) is 10.0. The average Bonchev–Trinajstić information content (AvgIpc) is 3.46. The molecule has 3 atom stereocenters. The van der Waals surface area contributed by atoms with Crippen LogP contribution in [0.4, 0.5) is 0 Å². The third kappa shape index (κ3) is 5.31. The molecular formula is C23H31N5O3. The molecule has 166 valence electrons. The number of carbonyl (C=O) groups excluding carboxylic acids is 2. The van der Waals surface area contributed by atoms with Crippen molar-refractivity contribution in [2.45, 2.75) is 50.5 Å². The van der Waals surface area contributed by atoms with Gasteiger partial charge in [-0.25, -0.2) is 0 Å². The molecule has 2 N–H and O–H groups in total. The van der Waals surface area contributed by atoms with Gasteiger partial charge in [-0.2, -0.15) is 4.98 Å². The number of amides is 2. The summed E-state index contributed by atoms with van der Waals surface area (Å²) in [5.74, 6) is 0.639. The first-order chi connectivity index (χ1) is 15.1. The maximum absolute atomic E-state index is 12.7. The Morgan fingerprint density at radius 2 is 1.90 bits per heavy atom. The highest BCUT2D eigenvalue weighted by atomic mass is 16.5.